The van der Waals surface area contributed by atoms with E-state index >= 15 is 0 Å². The third-order valence-electron chi connectivity index (χ3n) is 3.81. The van der Waals surface area contributed by atoms with Crippen LogP contribution in [0.15, 0.2) is 12.4 Å². The van der Waals surface area contributed by atoms with Crippen molar-refractivity contribution in [2.45, 2.75) is 25.8 Å². The zero-order chi connectivity index (χ0) is 13.4. The average Bonchev–Trinajstić information content (AvgIpc) is 2.85. The maximum Gasteiger partial charge on any atom is 0.254 e. The number of fused-ring (bicyclic) bond motifs is 1. The van der Waals surface area contributed by atoms with Gasteiger partial charge in [-0.25, -0.2) is 4.98 Å². The monoisotopic (exact) mass is 260 g/mol. The molecule has 0 N–H and O–H groups in total. The van der Waals surface area contributed by atoms with Crippen LogP contribution >= 0.6 is 0 Å². The molecular weight excluding hydrogens is 240 g/mol. The molecule has 1 saturated heterocycles. The number of anilines is 1. The first-order valence-corrected chi connectivity index (χ1v) is 6.74. The summed E-state index contributed by atoms with van der Waals surface area (Å²) in [6.07, 6.45) is 4.03. The van der Waals surface area contributed by atoms with Crippen LogP contribution in [0.4, 0.5) is 5.82 Å². The highest BCUT2D eigenvalue weighted by Crippen LogP contribution is 2.22. The van der Waals surface area contributed by atoms with Crippen LogP contribution in [0.5, 0.6) is 0 Å². The van der Waals surface area contributed by atoms with Gasteiger partial charge in [0, 0.05) is 30.9 Å². The van der Waals surface area contributed by atoms with Gasteiger partial charge in [-0.15, -0.1) is 0 Å². The van der Waals surface area contributed by atoms with Gasteiger partial charge < -0.3 is 9.80 Å². The molecule has 6 nitrogen and oxygen atoms in total. The molecule has 0 aromatic carbocycles. The van der Waals surface area contributed by atoms with E-state index in [0.29, 0.717) is 11.8 Å². The zero-order valence-electron chi connectivity index (χ0n) is 11.7. The van der Waals surface area contributed by atoms with Crippen molar-refractivity contribution in [2.75, 3.05) is 32.1 Å². The van der Waals surface area contributed by atoms with E-state index in [0.717, 1.165) is 24.6 Å². The van der Waals surface area contributed by atoms with Gasteiger partial charge in [-0.2, -0.15) is 14.6 Å². The summed E-state index contributed by atoms with van der Waals surface area (Å²) in [5, 5.41) is 4.29. The van der Waals surface area contributed by atoms with Crippen molar-refractivity contribution in [1.82, 2.24) is 24.5 Å². The number of hydrogen-bond acceptors (Lipinski definition) is 5. The fourth-order valence-electron chi connectivity index (χ4n) is 2.72. The van der Waals surface area contributed by atoms with Gasteiger partial charge >= 0.3 is 0 Å². The standard InChI is InChI=1S/C13H20N6/c1-10-7-12(19-13(16-10)14-9-15-19)18-6-4-5-11(8-18)17(2)3/h7,9,11H,4-6,8H2,1-3H3. The van der Waals surface area contributed by atoms with Gasteiger partial charge in [0.1, 0.15) is 12.1 Å². The van der Waals surface area contributed by atoms with Gasteiger partial charge in [-0.1, -0.05) is 0 Å². The maximum atomic E-state index is 4.40. The number of likely N-dealkylation sites (N-methyl/N-ethyl adjacent to an activating group) is 1. The van der Waals surface area contributed by atoms with E-state index in [1.54, 1.807) is 6.33 Å². The molecule has 0 spiro atoms. The van der Waals surface area contributed by atoms with E-state index < -0.39 is 0 Å². The quantitative estimate of drug-likeness (QED) is 0.805. The van der Waals surface area contributed by atoms with E-state index in [-0.39, 0.29) is 0 Å². The van der Waals surface area contributed by atoms with Gasteiger partial charge in [0.2, 0.25) is 0 Å². The van der Waals surface area contributed by atoms with Crippen molar-refractivity contribution in [3.8, 4) is 0 Å². The predicted octanol–water partition coefficient (Wildman–Crippen LogP) is 0.963. The number of aromatic nitrogens is 4. The topological polar surface area (TPSA) is 49.6 Å². The smallest absolute Gasteiger partial charge is 0.254 e. The predicted molar refractivity (Wildman–Crippen MR) is 74.4 cm³/mol. The minimum absolute atomic E-state index is 0.598. The van der Waals surface area contributed by atoms with Gasteiger partial charge in [0.05, 0.1) is 0 Å². The third kappa shape index (κ3) is 2.28. The summed E-state index contributed by atoms with van der Waals surface area (Å²) in [4.78, 5) is 13.3. The maximum absolute atomic E-state index is 4.40. The first-order chi connectivity index (χ1) is 9.15. The van der Waals surface area contributed by atoms with Crippen LogP contribution < -0.4 is 4.90 Å². The molecule has 2 aromatic rings. The summed E-state index contributed by atoms with van der Waals surface area (Å²) >= 11 is 0. The largest absolute Gasteiger partial charge is 0.355 e. The minimum atomic E-state index is 0.598. The lowest BCUT2D eigenvalue weighted by Crippen LogP contribution is -2.45. The van der Waals surface area contributed by atoms with E-state index in [2.05, 4.69) is 45.0 Å². The van der Waals surface area contributed by atoms with Crippen LogP contribution in [0.3, 0.4) is 0 Å². The Bertz CT molecular complexity index is 576. The molecule has 3 rings (SSSR count). The van der Waals surface area contributed by atoms with E-state index in [1.807, 2.05) is 11.4 Å². The Morgan fingerprint density at radius 1 is 1.37 bits per heavy atom. The molecule has 3 heterocycles. The molecular formula is C13H20N6. The van der Waals surface area contributed by atoms with Crippen LogP contribution in [0.25, 0.3) is 5.78 Å². The number of piperidine rings is 1. The van der Waals surface area contributed by atoms with Crippen molar-refractivity contribution < 1.29 is 0 Å². The second-order valence-electron chi connectivity index (χ2n) is 5.43. The first kappa shape index (κ1) is 12.3. The van der Waals surface area contributed by atoms with Crippen molar-refractivity contribution >= 4 is 11.6 Å². The van der Waals surface area contributed by atoms with Gasteiger partial charge in [0.25, 0.3) is 5.78 Å². The summed E-state index contributed by atoms with van der Waals surface area (Å²) in [7, 11) is 4.30. The highest BCUT2D eigenvalue weighted by atomic mass is 15.4. The highest BCUT2D eigenvalue weighted by Gasteiger charge is 2.23. The number of nitrogens with zero attached hydrogens (tertiary/aromatic N) is 6. The van der Waals surface area contributed by atoms with E-state index in [9.17, 15) is 0 Å². The molecule has 0 radical (unpaired) electrons. The Balaban J connectivity index is 1.97. The lowest BCUT2D eigenvalue weighted by atomic mass is 10.1. The third-order valence-corrected chi connectivity index (χ3v) is 3.81. The number of hydrogen-bond donors (Lipinski definition) is 0. The van der Waals surface area contributed by atoms with Crippen LogP contribution in [0.1, 0.15) is 18.5 Å². The fourth-order valence-corrected chi connectivity index (χ4v) is 2.72. The van der Waals surface area contributed by atoms with Crippen LogP contribution in [-0.2, 0) is 0 Å². The van der Waals surface area contributed by atoms with Crippen LogP contribution in [-0.4, -0.2) is 57.7 Å². The number of rotatable bonds is 2. The molecule has 1 fully saturated rings. The second kappa shape index (κ2) is 4.77. The Morgan fingerprint density at radius 2 is 2.21 bits per heavy atom. The van der Waals surface area contributed by atoms with Gasteiger partial charge in [0.15, 0.2) is 0 Å². The molecule has 0 saturated carbocycles. The summed E-state index contributed by atoms with van der Waals surface area (Å²) in [5.41, 5.74) is 0.988. The minimum Gasteiger partial charge on any atom is -0.355 e. The van der Waals surface area contributed by atoms with E-state index in [1.165, 1.54) is 12.8 Å². The van der Waals surface area contributed by atoms with Crippen molar-refractivity contribution in [1.29, 1.82) is 0 Å². The van der Waals surface area contributed by atoms with Gasteiger partial charge in [-0.05, 0) is 33.9 Å². The average molecular weight is 260 g/mol. The number of aryl methyl sites for hydroxylation is 1. The Hall–Kier alpha value is -1.69. The first-order valence-electron chi connectivity index (χ1n) is 6.74. The molecule has 1 aliphatic heterocycles. The SMILES string of the molecule is Cc1cc(N2CCCC(N(C)C)C2)n2ncnc2n1. The summed E-state index contributed by atoms with van der Waals surface area (Å²) in [6.45, 7) is 4.11. The van der Waals surface area contributed by atoms with Crippen molar-refractivity contribution in [3.05, 3.63) is 18.1 Å². The van der Waals surface area contributed by atoms with Crippen molar-refractivity contribution in [3.63, 3.8) is 0 Å². The van der Waals surface area contributed by atoms with Gasteiger partial charge in [-0.3, -0.25) is 0 Å². The molecule has 1 unspecified atom stereocenters. The molecule has 6 heteroatoms. The van der Waals surface area contributed by atoms with Crippen LogP contribution in [0.2, 0.25) is 0 Å². The van der Waals surface area contributed by atoms with Crippen molar-refractivity contribution in [2.24, 2.45) is 0 Å². The summed E-state index contributed by atoms with van der Waals surface area (Å²) in [5.74, 6) is 1.79. The Labute approximate surface area is 113 Å². The highest BCUT2D eigenvalue weighted by molar-refractivity contribution is 5.47. The molecule has 0 aliphatic carbocycles. The Morgan fingerprint density at radius 3 is 3.00 bits per heavy atom. The molecule has 102 valence electrons. The lowest BCUT2D eigenvalue weighted by molar-refractivity contribution is 0.257. The molecule has 0 bridgehead atoms. The molecule has 1 aliphatic rings. The molecule has 0 amide bonds. The summed E-state index contributed by atoms with van der Waals surface area (Å²) < 4.78 is 1.84. The fraction of sp³-hybridized carbons (Fsp3) is 0.615. The lowest BCUT2D eigenvalue weighted by Gasteiger charge is -2.37. The zero-order valence-corrected chi connectivity index (χ0v) is 11.7. The molecule has 19 heavy (non-hydrogen) atoms. The van der Waals surface area contributed by atoms with E-state index in [4.69, 9.17) is 0 Å². The Kier molecular flexibility index (Phi) is 3.10. The summed E-state index contributed by atoms with van der Waals surface area (Å²) in [6, 6.07) is 2.69. The van der Waals surface area contributed by atoms with Crippen LogP contribution in [0, 0.1) is 6.92 Å². The molecule has 1 atom stereocenters. The molecule has 2 aromatic heterocycles. The normalized spacial score (nSPS) is 20.4. The second-order valence-corrected chi connectivity index (χ2v) is 5.43.